The SMILES string of the molecule is CC(C)Oc1ccc(C(=O)Nc2cccc(-c3ccc(N4CCCC4)nn3)c2)cc1. The van der Waals surface area contributed by atoms with E-state index in [9.17, 15) is 4.79 Å². The second-order valence-electron chi connectivity index (χ2n) is 7.70. The molecule has 4 rings (SSSR count). The van der Waals surface area contributed by atoms with Crippen molar-refractivity contribution in [3.63, 3.8) is 0 Å². The van der Waals surface area contributed by atoms with Crippen molar-refractivity contribution in [3.05, 3.63) is 66.2 Å². The molecule has 1 N–H and O–H groups in total. The standard InChI is InChI=1S/C24H26N4O2/c1-17(2)30-21-10-8-18(9-11-21)24(29)25-20-7-5-6-19(16-20)22-12-13-23(27-26-22)28-14-3-4-15-28/h5-13,16-17H,3-4,14-15H2,1-2H3,(H,25,29). The summed E-state index contributed by atoms with van der Waals surface area (Å²) in [5.41, 5.74) is 2.98. The smallest absolute Gasteiger partial charge is 0.255 e. The van der Waals surface area contributed by atoms with Gasteiger partial charge in [-0.05, 0) is 75.2 Å². The Morgan fingerprint density at radius 1 is 1.00 bits per heavy atom. The molecule has 1 aliphatic rings. The van der Waals surface area contributed by atoms with Crippen LogP contribution in [0.3, 0.4) is 0 Å². The molecule has 0 radical (unpaired) electrons. The number of aromatic nitrogens is 2. The lowest BCUT2D eigenvalue weighted by Crippen LogP contribution is -2.19. The van der Waals surface area contributed by atoms with Crippen LogP contribution in [-0.2, 0) is 0 Å². The van der Waals surface area contributed by atoms with E-state index in [0.29, 0.717) is 11.3 Å². The third-order valence-corrected chi connectivity index (χ3v) is 4.99. The summed E-state index contributed by atoms with van der Waals surface area (Å²) in [6.45, 7) is 6.02. The van der Waals surface area contributed by atoms with E-state index in [1.54, 1.807) is 12.1 Å². The third kappa shape index (κ3) is 4.76. The molecule has 0 spiro atoms. The Morgan fingerprint density at radius 3 is 2.43 bits per heavy atom. The number of hydrogen-bond donors (Lipinski definition) is 1. The van der Waals surface area contributed by atoms with Crippen molar-refractivity contribution in [1.82, 2.24) is 10.2 Å². The highest BCUT2D eigenvalue weighted by Crippen LogP contribution is 2.24. The third-order valence-electron chi connectivity index (χ3n) is 4.99. The zero-order chi connectivity index (χ0) is 20.9. The van der Waals surface area contributed by atoms with Crippen molar-refractivity contribution in [2.75, 3.05) is 23.3 Å². The molecule has 1 amide bonds. The summed E-state index contributed by atoms with van der Waals surface area (Å²) in [6, 6.07) is 18.8. The van der Waals surface area contributed by atoms with Gasteiger partial charge in [0.2, 0.25) is 0 Å². The Morgan fingerprint density at radius 2 is 1.77 bits per heavy atom. The van der Waals surface area contributed by atoms with Crippen LogP contribution in [0.2, 0.25) is 0 Å². The molecule has 2 heterocycles. The molecule has 0 aliphatic carbocycles. The molecule has 0 unspecified atom stereocenters. The van der Waals surface area contributed by atoms with E-state index >= 15 is 0 Å². The zero-order valence-corrected chi connectivity index (χ0v) is 17.3. The molecule has 1 fully saturated rings. The van der Waals surface area contributed by atoms with Gasteiger partial charge in [0, 0.05) is 29.9 Å². The number of carbonyl (C=O) groups is 1. The number of amides is 1. The maximum Gasteiger partial charge on any atom is 0.255 e. The average molecular weight is 402 g/mol. The highest BCUT2D eigenvalue weighted by Gasteiger charge is 2.14. The van der Waals surface area contributed by atoms with Gasteiger partial charge in [-0.1, -0.05) is 12.1 Å². The molecule has 3 aromatic rings. The highest BCUT2D eigenvalue weighted by atomic mass is 16.5. The first-order chi connectivity index (χ1) is 14.6. The van der Waals surface area contributed by atoms with Crippen molar-refractivity contribution in [2.24, 2.45) is 0 Å². The molecule has 6 heteroatoms. The van der Waals surface area contributed by atoms with Gasteiger partial charge in [0.05, 0.1) is 11.8 Å². The fraction of sp³-hybridized carbons (Fsp3) is 0.292. The maximum absolute atomic E-state index is 12.6. The summed E-state index contributed by atoms with van der Waals surface area (Å²) in [6.07, 6.45) is 2.51. The summed E-state index contributed by atoms with van der Waals surface area (Å²) >= 11 is 0. The van der Waals surface area contributed by atoms with Crippen LogP contribution in [0.5, 0.6) is 5.75 Å². The molecule has 30 heavy (non-hydrogen) atoms. The van der Waals surface area contributed by atoms with Crippen LogP contribution in [0, 0.1) is 0 Å². The topological polar surface area (TPSA) is 67.3 Å². The summed E-state index contributed by atoms with van der Waals surface area (Å²) in [7, 11) is 0. The van der Waals surface area contributed by atoms with E-state index in [-0.39, 0.29) is 12.0 Å². The normalized spacial score (nSPS) is 13.5. The summed E-state index contributed by atoms with van der Waals surface area (Å²) in [5.74, 6) is 1.50. The molecule has 6 nitrogen and oxygen atoms in total. The number of nitrogens with zero attached hydrogens (tertiary/aromatic N) is 3. The van der Waals surface area contributed by atoms with E-state index in [0.717, 1.165) is 35.9 Å². The molecule has 0 saturated carbocycles. The van der Waals surface area contributed by atoms with Gasteiger partial charge in [0.1, 0.15) is 5.75 Å². The van der Waals surface area contributed by atoms with Crippen LogP contribution in [0.15, 0.2) is 60.7 Å². The predicted molar refractivity (Wildman–Crippen MR) is 119 cm³/mol. The lowest BCUT2D eigenvalue weighted by atomic mass is 10.1. The number of ether oxygens (including phenoxy) is 1. The van der Waals surface area contributed by atoms with Gasteiger partial charge in [-0.15, -0.1) is 10.2 Å². The molecule has 1 aliphatic heterocycles. The Kier molecular flexibility index (Phi) is 5.93. The van der Waals surface area contributed by atoms with Crippen LogP contribution in [0.25, 0.3) is 11.3 Å². The second kappa shape index (κ2) is 8.95. The molecular weight excluding hydrogens is 376 g/mol. The highest BCUT2D eigenvalue weighted by molar-refractivity contribution is 6.04. The van der Waals surface area contributed by atoms with Crippen molar-refractivity contribution in [3.8, 4) is 17.0 Å². The number of rotatable bonds is 6. The predicted octanol–water partition coefficient (Wildman–Crippen LogP) is 4.78. The quantitative estimate of drug-likeness (QED) is 0.642. The van der Waals surface area contributed by atoms with Gasteiger partial charge in [-0.25, -0.2) is 0 Å². The van der Waals surface area contributed by atoms with E-state index in [4.69, 9.17) is 4.74 Å². The fourth-order valence-electron chi connectivity index (χ4n) is 3.51. The fourth-order valence-corrected chi connectivity index (χ4v) is 3.51. The van der Waals surface area contributed by atoms with Gasteiger partial charge in [0.25, 0.3) is 5.91 Å². The minimum absolute atomic E-state index is 0.0972. The van der Waals surface area contributed by atoms with Crippen LogP contribution in [0.4, 0.5) is 11.5 Å². The monoisotopic (exact) mass is 402 g/mol. The van der Waals surface area contributed by atoms with Crippen molar-refractivity contribution < 1.29 is 9.53 Å². The van der Waals surface area contributed by atoms with Gasteiger partial charge in [-0.3, -0.25) is 4.79 Å². The summed E-state index contributed by atoms with van der Waals surface area (Å²) in [4.78, 5) is 14.9. The van der Waals surface area contributed by atoms with Gasteiger partial charge >= 0.3 is 0 Å². The second-order valence-corrected chi connectivity index (χ2v) is 7.70. The number of benzene rings is 2. The van der Waals surface area contributed by atoms with Gasteiger partial charge in [-0.2, -0.15) is 0 Å². The van der Waals surface area contributed by atoms with Crippen LogP contribution < -0.4 is 15.0 Å². The van der Waals surface area contributed by atoms with Crippen LogP contribution in [-0.4, -0.2) is 35.3 Å². The lowest BCUT2D eigenvalue weighted by molar-refractivity contribution is 0.102. The van der Waals surface area contributed by atoms with Crippen molar-refractivity contribution in [1.29, 1.82) is 0 Å². The molecule has 0 atom stereocenters. The minimum Gasteiger partial charge on any atom is -0.491 e. The maximum atomic E-state index is 12.6. The van der Waals surface area contributed by atoms with Crippen molar-refractivity contribution in [2.45, 2.75) is 32.8 Å². The Hall–Kier alpha value is -3.41. The Labute approximate surface area is 176 Å². The minimum atomic E-state index is -0.168. The molecule has 1 aromatic heterocycles. The number of carbonyl (C=O) groups excluding carboxylic acids is 1. The Bertz CT molecular complexity index is 994. The lowest BCUT2D eigenvalue weighted by Gasteiger charge is -2.15. The summed E-state index contributed by atoms with van der Waals surface area (Å²) < 4.78 is 5.63. The molecule has 0 bridgehead atoms. The zero-order valence-electron chi connectivity index (χ0n) is 17.3. The van der Waals surface area contributed by atoms with Gasteiger partial charge in [0.15, 0.2) is 5.82 Å². The van der Waals surface area contributed by atoms with E-state index < -0.39 is 0 Å². The van der Waals surface area contributed by atoms with Crippen LogP contribution >= 0.6 is 0 Å². The Balaban J connectivity index is 1.44. The molecule has 154 valence electrons. The first-order valence-corrected chi connectivity index (χ1v) is 10.4. The number of anilines is 2. The first-order valence-electron chi connectivity index (χ1n) is 10.4. The van der Waals surface area contributed by atoms with Crippen LogP contribution in [0.1, 0.15) is 37.0 Å². The number of nitrogens with one attached hydrogen (secondary N) is 1. The van der Waals surface area contributed by atoms with E-state index in [1.807, 2.05) is 62.4 Å². The number of hydrogen-bond acceptors (Lipinski definition) is 5. The van der Waals surface area contributed by atoms with Gasteiger partial charge < -0.3 is 15.0 Å². The average Bonchev–Trinajstić information content (AvgIpc) is 3.29. The molecule has 2 aromatic carbocycles. The molecular formula is C24H26N4O2. The largest absolute Gasteiger partial charge is 0.491 e. The van der Waals surface area contributed by atoms with E-state index in [1.165, 1.54) is 12.8 Å². The van der Waals surface area contributed by atoms with Crippen molar-refractivity contribution >= 4 is 17.4 Å². The van der Waals surface area contributed by atoms with E-state index in [2.05, 4.69) is 20.4 Å². The molecule has 1 saturated heterocycles. The first kappa shape index (κ1) is 19.9. The summed E-state index contributed by atoms with van der Waals surface area (Å²) in [5, 5.41) is 11.7.